The maximum atomic E-state index is 12.2. The Kier molecular flexibility index (Phi) is 7.02. The van der Waals surface area contributed by atoms with E-state index >= 15 is 0 Å². The largest absolute Gasteiger partial charge is 0.464 e. The summed E-state index contributed by atoms with van der Waals surface area (Å²) in [6, 6.07) is 2.70. The van der Waals surface area contributed by atoms with Crippen molar-refractivity contribution in [2.45, 2.75) is 17.7 Å². The summed E-state index contributed by atoms with van der Waals surface area (Å²) in [5, 5.41) is 2.79. The highest BCUT2D eigenvalue weighted by atomic mass is 32.1. The normalized spacial score (nSPS) is 18.9. The van der Waals surface area contributed by atoms with Crippen molar-refractivity contribution in [3.8, 4) is 0 Å². The highest BCUT2D eigenvalue weighted by Gasteiger charge is 2.34. The van der Waals surface area contributed by atoms with Crippen LogP contribution in [0.1, 0.15) is 27.3 Å². The molecule has 1 aliphatic rings. The number of aromatic nitrogens is 1. The van der Waals surface area contributed by atoms with E-state index in [1.54, 1.807) is 4.90 Å². The van der Waals surface area contributed by atoms with Crippen LogP contribution < -0.4 is 5.32 Å². The molecule has 8 nitrogen and oxygen atoms in total. The predicted octanol–water partition coefficient (Wildman–Crippen LogP) is 1.29. The number of thiol groups is 1. The van der Waals surface area contributed by atoms with Crippen molar-refractivity contribution in [1.29, 1.82) is 0 Å². The molecule has 1 aliphatic heterocycles. The van der Waals surface area contributed by atoms with Crippen LogP contribution in [0.15, 0.2) is 31.0 Å². The van der Waals surface area contributed by atoms with Gasteiger partial charge in [0.05, 0.1) is 18.7 Å². The topological polar surface area (TPSA) is 97.8 Å². The summed E-state index contributed by atoms with van der Waals surface area (Å²) < 4.78 is 9.62. The van der Waals surface area contributed by atoms with Crippen molar-refractivity contribution in [1.82, 2.24) is 15.2 Å². The molecule has 9 heteroatoms. The molecule has 0 aliphatic carbocycles. The Morgan fingerprint density at radius 3 is 2.85 bits per heavy atom. The van der Waals surface area contributed by atoms with Gasteiger partial charge in [-0.25, -0.2) is 14.6 Å². The number of carbonyl (C=O) groups is 3. The molecule has 1 N–H and O–H groups in total. The zero-order valence-corrected chi connectivity index (χ0v) is 15.3. The average molecular weight is 379 g/mol. The highest BCUT2D eigenvalue weighted by Crippen LogP contribution is 2.22. The number of nitrogens with one attached hydrogen (secondary N) is 1. The summed E-state index contributed by atoms with van der Waals surface area (Å²) in [6.07, 6.45) is 2.98. The van der Waals surface area contributed by atoms with Crippen LogP contribution in [0, 0.1) is 0 Å². The molecule has 2 amide bonds. The number of ether oxygens (including phenoxy) is 2. The molecule has 0 saturated carbocycles. The number of amides is 2. The lowest BCUT2D eigenvalue weighted by Gasteiger charge is -2.23. The Labute approximate surface area is 157 Å². The molecule has 0 aromatic carbocycles. The van der Waals surface area contributed by atoms with Crippen LogP contribution in [0.4, 0.5) is 4.79 Å². The molecule has 1 aromatic heterocycles. The van der Waals surface area contributed by atoms with Gasteiger partial charge in [0, 0.05) is 24.5 Å². The number of methoxy groups -OCH3 is 1. The number of nitrogens with zero attached hydrogens (tertiary/aromatic N) is 2. The molecule has 2 rings (SSSR count). The molecule has 2 heterocycles. The van der Waals surface area contributed by atoms with E-state index in [1.807, 2.05) is 0 Å². The number of hydrogen-bond donors (Lipinski definition) is 2. The van der Waals surface area contributed by atoms with Gasteiger partial charge >= 0.3 is 12.1 Å². The number of esters is 1. The molecule has 0 spiro atoms. The van der Waals surface area contributed by atoms with Crippen LogP contribution in [0.2, 0.25) is 0 Å². The highest BCUT2D eigenvalue weighted by molar-refractivity contribution is 7.81. The Hall–Kier alpha value is -2.55. The van der Waals surface area contributed by atoms with Gasteiger partial charge in [0.15, 0.2) is 0 Å². The molecule has 0 bridgehead atoms. The summed E-state index contributed by atoms with van der Waals surface area (Å²) in [5.41, 5.74) is 0.424. The second-order valence-electron chi connectivity index (χ2n) is 5.70. The van der Waals surface area contributed by atoms with Crippen LogP contribution in [-0.4, -0.2) is 66.0 Å². The van der Waals surface area contributed by atoms with Gasteiger partial charge in [-0.3, -0.25) is 4.79 Å². The zero-order valence-electron chi connectivity index (χ0n) is 14.4. The summed E-state index contributed by atoms with van der Waals surface area (Å²) >= 11 is 4.41. The first-order valence-electron chi connectivity index (χ1n) is 8.01. The minimum atomic E-state index is -0.573. The number of hydrogen-bond acceptors (Lipinski definition) is 7. The first kappa shape index (κ1) is 19.8. The molecule has 1 saturated heterocycles. The van der Waals surface area contributed by atoms with Crippen LogP contribution in [0.25, 0.3) is 0 Å². The summed E-state index contributed by atoms with van der Waals surface area (Å²) in [7, 11) is 1.26. The second-order valence-corrected chi connectivity index (χ2v) is 6.43. The van der Waals surface area contributed by atoms with E-state index in [0.29, 0.717) is 18.5 Å². The fourth-order valence-corrected chi connectivity index (χ4v) is 3.01. The summed E-state index contributed by atoms with van der Waals surface area (Å²) in [4.78, 5) is 41.1. The molecule has 2 atom stereocenters. The fourth-order valence-electron chi connectivity index (χ4n) is 2.59. The molecule has 1 aromatic rings. The number of pyridine rings is 1. The zero-order chi connectivity index (χ0) is 19.1. The third-order valence-electron chi connectivity index (χ3n) is 3.87. The van der Waals surface area contributed by atoms with Crippen molar-refractivity contribution in [2.75, 3.05) is 26.8 Å². The Morgan fingerprint density at radius 2 is 2.23 bits per heavy atom. The number of rotatable bonds is 6. The monoisotopic (exact) mass is 379 g/mol. The number of carbonyl (C=O) groups excluding carboxylic acids is 3. The van der Waals surface area contributed by atoms with E-state index < -0.39 is 12.1 Å². The maximum Gasteiger partial charge on any atom is 0.410 e. The van der Waals surface area contributed by atoms with Crippen molar-refractivity contribution >= 4 is 30.6 Å². The third kappa shape index (κ3) is 4.98. The van der Waals surface area contributed by atoms with E-state index in [1.165, 1.54) is 31.5 Å². The predicted molar refractivity (Wildman–Crippen MR) is 97.3 cm³/mol. The Balaban J connectivity index is 1.93. The lowest BCUT2D eigenvalue weighted by atomic mass is 10.2. The average Bonchev–Trinajstić information content (AvgIpc) is 3.04. The lowest BCUT2D eigenvalue weighted by molar-refractivity contribution is 0.0593. The molecule has 2 unspecified atom stereocenters. The van der Waals surface area contributed by atoms with Gasteiger partial charge in [0.2, 0.25) is 0 Å². The first-order valence-corrected chi connectivity index (χ1v) is 8.52. The summed E-state index contributed by atoms with van der Waals surface area (Å²) in [5.74, 6) is -0.924. The van der Waals surface area contributed by atoms with E-state index in [2.05, 4.69) is 34.2 Å². The van der Waals surface area contributed by atoms with Gasteiger partial charge in [-0.15, -0.1) is 0 Å². The van der Waals surface area contributed by atoms with Gasteiger partial charge in [-0.1, -0.05) is 12.7 Å². The van der Waals surface area contributed by atoms with Crippen molar-refractivity contribution < 1.29 is 23.9 Å². The smallest absolute Gasteiger partial charge is 0.410 e. The van der Waals surface area contributed by atoms with Gasteiger partial charge < -0.3 is 19.7 Å². The maximum absolute atomic E-state index is 12.2. The molecular weight excluding hydrogens is 358 g/mol. The van der Waals surface area contributed by atoms with E-state index in [9.17, 15) is 14.4 Å². The Morgan fingerprint density at radius 1 is 1.46 bits per heavy atom. The van der Waals surface area contributed by atoms with Crippen LogP contribution in [-0.2, 0) is 9.47 Å². The SMILES string of the molecule is C=CCOC(=O)N1CC(S)CC1CNC(=O)c1ccc(C(=O)OC)nc1. The number of likely N-dealkylation sites (tertiary alicyclic amines) is 1. The fraction of sp³-hybridized carbons (Fsp3) is 0.412. The van der Waals surface area contributed by atoms with Crippen LogP contribution in [0.5, 0.6) is 0 Å². The van der Waals surface area contributed by atoms with Crippen molar-refractivity contribution in [3.05, 3.63) is 42.2 Å². The molecule has 1 fully saturated rings. The molecular formula is C17H21N3O5S. The Bertz CT molecular complexity index is 679. The van der Waals surface area contributed by atoms with Gasteiger partial charge in [-0.2, -0.15) is 12.6 Å². The molecule has 140 valence electrons. The van der Waals surface area contributed by atoms with Crippen molar-refractivity contribution in [2.24, 2.45) is 0 Å². The van der Waals surface area contributed by atoms with E-state index in [-0.39, 0.29) is 36.0 Å². The van der Waals surface area contributed by atoms with E-state index in [4.69, 9.17) is 4.74 Å². The lowest BCUT2D eigenvalue weighted by Crippen LogP contribution is -2.43. The standard InChI is InChI=1S/C17H21N3O5S/c1-3-6-25-17(23)20-10-13(26)7-12(20)9-19-15(21)11-4-5-14(18-8-11)16(22)24-2/h3-5,8,12-13,26H,1,6-7,9-10H2,2H3,(H,19,21). The quantitative estimate of drug-likeness (QED) is 0.439. The van der Waals surface area contributed by atoms with Gasteiger partial charge in [-0.05, 0) is 18.6 Å². The minimum Gasteiger partial charge on any atom is -0.464 e. The van der Waals surface area contributed by atoms with Crippen LogP contribution in [0.3, 0.4) is 0 Å². The second kappa shape index (κ2) is 9.23. The van der Waals surface area contributed by atoms with Gasteiger partial charge in [0.1, 0.15) is 12.3 Å². The first-order chi connectivity index (χ1) is 12.5. The van der Waals surface area contributed by atoms with Crippen molar-refractivity contribution in [3.63, 3.8) is 0 Å². The van der Waals surface area contributed by atoms with Crippen LogP contribution >= 0.6 is 12.6 Å². The molecule has 26 heavy (non-hydrogen) atoms. The van der Waals surface area contributed by atoms with E-state index in [0.717, 1.165) is 0 Å². The molecule has 0 radical (unpaired) electrons. The third-order valence-corrected chi connectivity index (χ3v) is 4.24. The summed E-state index contributed by atoms with van der Waals surface area (Å²) in [6.45, 7) is 4.35. The minimum absolute atomic E-state index is 0.0224. The van der Waals surface area contributed by atoms with Gasteiger partial charge in [0.25, 0.3) is 5.91 Å².